The van der Waals surface area contributed by atoms with E-state index in [-0.39, 0.29) is 15.8 Å². The number of carbonyl (C=O) groups is 1. The van der Waals surface area contributed by atoms with Crippen molar-refractivity contribution in [3.8, 4) is 0 Å². The Hall–Kier alpha value is -0.180. The van der Waals surface area contributed by atoms with E-state index in [0.29, 0.717) is 6.42 Å². The quantitative estimate of drug-likeness (QED) is 0.627. The first kappa shape index (κ1) is 9.90. The summed E-state index contributed by atoms with van der Waals surface area (Å²) in [6.07, 6.45) is 2.38. The number of hydrogen-bond donors (Lipinski definition) is 0. The molecule has 1 rings (SSSR count). The highest BCUT2D eigenvalue weighted by Gasteiger charge is 2.35. The Balaban J connectivity index is 2.71. The summed E-state index contributed by atoms with van der Waals surface area (Å²) in [5.41, 5.74) is 0. The van der Waals surface area contributed by atoms with Gasteiger partial charge >= 0.3 is 0 Å². The van der Waals surface area contributed by atoms with E-state index in [4.69, 9.17) is 0 Å². The minimum absolute atomic E-state index is 0.176. The zero-order chi connectivity index (χ0) is 9.35. The molecule has 0 aromatic heterocycles. The van der Waals surface area contributed by atoms with Crippen molar-refractivity contribution in [2.24, 2.45) is 0 Å². The van der Waals surface area contributed by atoms with Crippen LogP contribution in [0.3, 0.4) is 0 Å². The van der Waals surface area contributed by atoms with Crippen LogP contribution in [0.5, 0.6) is 0 Å². The smallest absolute Gasteiger partial charge is 0.148 e. The van der Waals surface area contributed by atoms with Crippen molar-refractivity contribution in [3.63, 3.8) is 0 Å². The summed E-state index contributed by atoms with van der Waals surface area (Å²) in [7, 11) is -0.992. The summed E-state index contributed by atoms with van der Waals surface area (Å²) in [6, 6.07) is 0. The van der Waals surface area contributed by atoms with E-state index < -0.39 is 10.8 Å². The van der Waals surface area contributed by atoms with E-state index >= 15 is 0 Å². The minimum atomic E-state index is -0.992. The molecule has 3 heteroatoms. The highest BCUT2D eigenvalue weighted by Crippen LogP contribution is 2.26. The van der Waals surface area contributed by atoms with Crippen LogP contribution in [0.2, 0.25) is 0 Å². The third-order valence-electron chi connectivity index (χ3n) is 2.11. The maximum atomic E-state index is 11.8. The Labute approximate surface area is 76.2 Å². The minimum Gasteiger partial charge on any atom is -0.298 e. The molecule has 1 aliphatic carbocycles. The zero-order valence-electron chi connectivity index (χ0n) is 7.92. The van der Waals surface area contributed by atoms with Crippen molar-refractivity contribution in [1.82, 2.24) is 0 Å². The Kier molecular flexibility index (Phi) is 2.71. The third-order valence-corrected chi connectivity index (χ3v) is 4.33. The van der Waals surface area contributed by atoms with Gasteiger partial charge in [0.2, 0.25) is 0 Å². The van der Waals surface area contributed by atoms with Gasteiger partial charge in [-0.25, -0.2) is 0 Å². The van der Waals surface area contributed by atoms with Crippen molar-refractivity contribution in [2.75, 3.05) is 0 Å². The van der Waals surface area contributed by atoms with Gasteiger partial charge in [0, 0.05) is 22.0 Å². The molecular weight excluding hydrogens is 172 g/mol. The molecule has 0 saturated heterocycles. The molecule has 0 spiro atoms. The van der Waals surface area contributed by atoms with Gasteiger partial charge in [-0.1, -0.05) is 0 Å². The van der Waals surface area contributed by atoms with E-state index in [1.165, 1.54) is 0 Å². The maximum absolute atomic E-state index is 11.8. The molecule has 0 aromatic rings. The van der Waals surface area contributed by atoms with Gasteiger partial charge in [-0.15, -0.1) is 0 Å². The van der Waals surface area contributed by atoms with Crippen molar-refractivity contribution >= 4 is 16.6 Å². The van der Waals surface area contributed by atoms with Crippen molar-refractivity contribution in [3.05, 3.63) is 0 Å². The fourth-order valence-electron chi connectivity index (χ4n) is 1.44. The van der Waals surface area contributed by atoms with E-state index in [9.17, 15) is 9.00 Å². The van der Waals surface area contributed by atoms with Crippen LogP contribution in [0.1, 0.15) is 40.0 Å². The summed E-state index contributed by atoms with van der Waals surface area (Å²) in [5.74, 6) is 0.197. The summed E-state index contributed by atoms with van der Waals surface area (Å²) in [6.45, 7) is 5.78. The molecule has 0 aliphatic heterocycles. The average Bonchev–Trinajstić information content (AvgIpc) is 2.31. The fourth-order valence-corrected chi connectivity index (χ4v) is 3.03. The van der Waals surface area contributed by atoms with Gasteiger partial charge in [-0.2, -0.15) is 0 Å². The highest BCUT2D eigenvalue weighted by atomic mass is 32.2. The van der Waals surface area contributed by atoms with Crippen LogP contribution in [0.15, 0.2) is 0 Å². The van der Waals surface area contributed by atoms with Crippen molar-refractivity contribution in [1.29, 1.82) is 0 Å². The summed E-state index contributed by atoms with van der Waals surface area (Å²) < 4.78 is 11.5. The van der Waals surface area contributed by atoms with E-state index in [0.717, 1.165) is 12.8 Å². The molecule has 2 nitrogen and oxygen atoms in total. The Bertz CT molecular complexity index is 215. The second-order valence-corrected chi connectivity index (χ2v) is 6.65. The second-order valence-electron chi connectivity index (χ2n) is 4.26. The topological polar surface area (TPSA) is 34.1 Å². The lowest BCUT2D eigenvalue weighted by molar-refractivity contribution is -0.117. The molecule has 0 amide bonds. The SMILES string of the molecule is CC(C)(C)S(=O)C1CCCC1=O. The molecule has 0 aromatic carbocycles. The summed E-state index contributed by atoms with van der Waals surface area (Å²) in [5, 5.41) is -0.176. The lowest BCUT2D eigenvalue weighted by Crippen LogP contribution is -2.33. The van der Waals surface area contributed by atoms with Crippen molar-refractivity contribution in [2.45, 2.75) is 50.0 Å². The van der Waals surface area contributed by atoms with Crippen LogP contribution < -0.4 is 0 Å². The Morgan fingerprint density at radius 1 is 1.42 bits per heavy atom. The molecule has 1 aliphatic rings. The van der Waals surface area contributed by atoms with Crippen molar-refractivity contribution < 1.29 is 9.00 Å². The first-order valence-corrected chi connectivity index (χ1v) is 5.57. The third kappa shape index (κ3) is 1.94. The van der Waals surface area contributed by atoms with E-state index in [2.05, 4.69) is 0 Å². The average molecular weight is 188 g/mol. The van der Waals surface area contributed by atoms with Crippen LogP contribution in [-0.4, -0.2) is 20.0 Å². The predicted octanol–water partition coefficient (Wildman–Crippen LogP) is 1.66. The molecule has 0 bridgehead atoms. The molecule has 70 valence electrons. The summed E-state index contributed by atoms with van der Waals surface area (Å²) in [4.78, 5) is 11.3. The largest absolute Gasteiger partial charge is 0.298 e. The number of carbonyl (C=O) groups excluding carboxylic acids is 1. The first-order chi connectivity index (χ1) is 5.43. The van der Waals surface area contributed by atoms with Gasteiger partial charge in [0.25, 0.3) is 0 Å². The lowest BCUT2D eigenvalue weighted by atomic mass is 10.3. The summed E-state index contributed by atoms with van der Waals surface area (Å²) >= 11 is 0. The van der Waals surface area contributed by atoms with Crippen LogP contribution in [0.25, 0.3) is 0 Å². The monoisotopic (exact) mass is 188 g/mol. The number of ketones is 1. The molecular formula is C9H16O2S. The molecule has 0 radical (unpaired) electrons. The van der Waals surface area contributed by atoms with Gasteiger partial charge in [0.15, 0.2) is 0 Å². The molecule has 12 heavy (non-hydrogen) atoms. The zero-order valence-corrected chi connectivity index (χ0v) is 8.74. The van der Waals surface area contributed by atoms with Crippen LogP contribution >= 0.6 is 0 Å². The van der Waals surface area contributed by atoms with E-state index in [1.54, 1.807) is 0 Å². The van der Waals surface area contributed by atoms with Crippen LogP contribution in [0, 0.1) is 0 Å². The molecule has 0 heterocycles. The Morgan fingerprint density at radius 3 is 2.33 bits per heavy atom. The lowest BCUT2D eigenvalue weighted by Gasteiger charge is -2.21. The first-order valence-electron chi connectivity index (χ1n) is 4.36. The highest BCUT2D eigenvalue weighted by molar-refractivity contribution is 7.87. The van der Waals surface area contributed by atoms with Gasteiger partial charge < -0.3 is 0 Å². The number of rotatable bonds is 1. The number of Topliss-reactive ketones (excluding diaryl/α,β-unsaturated/α-hetero) is 1. The second kappa shape index (κ2) is 3.29. The fraction of sp³-hybridized carbons (Fsp3) is 0.889. The van der Waals surface area contributed by atoms with Gasteiger partial charge in [0.1, 0.15) is 5.78 Å². The number of hydrogen-bond acceptors (Lipinski definition) is 2. The van der Waals surface area contributed by atoms with Gasteiger partial charge in [-0.3, -0.25) is 9.00 Å². The van der Waals surface area contributed by atoms with Crippen LogP contribution in [0.4, 0.5) is 0 Å². The Morgan fingerprint density at radius 2 is 2.00 bits per heavy atom. The van der Waals surface area contributed by atoms with Crippen LogP contribution in [-0.2, 0) is 15.6 Å². The van der Waals surface area contributed by atoms with E-state index in [1.807, 2.05) is 20.8 Å². The molecule has 2 unspecified atom stereocenters. The standard InChI is InChI=1S/C9H16O2S/c1-9(2,3)12(11)8-6-4-5-7(8)10/h8H,4-6H2,1-3H3. The maximum Gasteiger partial charge on any atom is 0.148 e. The molecule has 0 N–H and O–H groups in total. The van der Waals surface area contributed by atoms with Gasteiger partial charge in [-0.05, 0) is 33.6 Å². The molecule has 2 atom stereocenters. The van der Waals surface area contributed by atoms with Gasteiger partial charge in [0.05, 0.1) is 5.25 Å². The molecule has 1 fully saturated rings. The molecule has 1 saturated carbocycles. The normalized spacial score (nSPS) is 27.6. The predicted molar refractivity (Wildman–Crippen MR) is 50.5 cm³/mol.